The Morgan fingerprint density at radius 3 is 2.25 bits per heavy atom. The van der Waals surface area contributed by atoms with Crippen molar-refractivity contribution >= 4 is 0 Å². The summed E-state index contributed by atoms with van der Waals surface area (Å²) in [5, 5.41) is 13.0. The van der Waals surface area contributed by atoms with E-state index in [1.807, 2.05) is 13.8 Å². The van der Waals surface area contributed by atoms with Crippen molar-refractivity contribution in [2.45, 2.75) is 33.2 Å². The van der Waals surface area contributed by atoms with Gasteiger partial charge < -0.3 is 9.47 Å². The van der Waals surface area contributed by atoms with E-state index < -0.39 is 5.54 Å². The molecule has 0 radical (unpaired) electrons. The molecule has 1 aromatic carbocycles. The normalized spacial score (nSPS) is 10.3. The molecule has 0 bridgehead atoms. The van der Waals surface area contributed by atoms with E-state index in [0.717, 1.165) is 0 Å². The van der Waals surface area contributed by atoms with Gasteiger partial charge in [0.15, 0.2) is 11.5 Å². The van der Waals surface area contributed by atoms with Gasteiger partial charge in [-0.05, 0) is 31.0 Å². The highest BCUT2D eigenvalue weighted by molar-refractivity contribution is 5.54. The third-order valence-electron chi connectivity index (χ3n) is 2.76. The summed E-state index contributed by atoms with van der Waals surface area (Å²) >= 11 is 0. The number of azide groups is 1. The maximum atomic E-state index is 9.28. The number of ether oxygens (including phenoxy) is 2. The fourth-order valence-corrected chi connectivity index (χ4v) is 1.86. The lowest BCUT2D eigenvalue weighted by Gasteiger charge is -2.22. The molecule has 0 N–H and O–H groups in total. The van der Waals surface area contributed by atoms with Gasteiger partial charge >= 0.3 is 0 Å². The highest BCUT2D eigenvalue weighted by Crippen LogP contribution is 2.37. The first-order chi connectivity index (χ1) is 9.50. The van der Waals surface area contributed by atoms with Crippen molar-refractivity contribution < 1.29 is 9.47 Å². The van der Waals surface area contributed by atoms with Gasteiger partial charge in [0, 0.05) is 11.0 Å². The van der Waals surface area contributed by atoms with E-state index in [2.05, 4.69) is 16.1 Å². The molecule has 6 heteroatoms. The molecule has 0 heterocycles. The zero-order valence-electron chi connectivity index (χ0n) is 12.2. The van der Waals surface area contributed by atoms with E-state index in [4.69, 9.17) is 15.0 Å². The molecule has 0 aliphatic rings. The zero-order valence-corrected chi connectivity index (χ0v) is 12.2. The molecular formula is C14H18N4O2. The maximum Gasteiger partial charge on any atom is 0.162 e. The van der Waals surface area contributed by atoms with Crippen molar-refractivity contribution in [2.75, 3.05) is 13.2 Å². The van der Waals surface area contributed by atoms with Crippen molar-refractivity contribution in [3.05, 3.63) is 33.7 Å². The van der Waals surface area contributed by atoms with Crippen LogP contribution in [0.4, 0.5) is 0 Å². The number of nitriles is 1. The van der Waals surface area contributed by atoms with Crippen LogP contribution >= 0.6 is 0 Å². The summed E-state index contributed by atoms with van der Waals surface area (Å²) in [5.41, 5.74) is 8.85. The van der Waals surface area contributed by atoms with Gasteiger partial charge in [-0.15, -0.1) is 0 Å². The lowest BCUT2D eigenvalue weighted by atomic mass is 9.90. The molecule has 0 atom stereocenters. The van der Waals surface area contributed by atoms with Crippen LogP contribution in [0.2, 0.25) is 0 Å². The van der Waals surface area contributed by atoms with Crippen LogP contribution in [-0.2, 0) is 5.54 Å². The Labute approximate surface area is 118 Å². The molecule has 6 nitrogen and oxygen atoms in total. The van der Waals surface area contributed by atoms with E-state index >= 15 is 0 Å². The minimum absolute atomic E-state index is 0.411. The molecule has 0 aromatic heterocycles. The smallest absolute Gasteiger partial charge is 0.162 e. The van der Waals surface area contributed by atoms with Gasteiger partial charge in [-0.3, -0.25) is 0 Å². The van der Waals surface area contributed by atoms with Gasteiger partial charge in [0.2, 0.25) is 0 Å². The predicted octanol–water partition coefficient (Wildman–Crippen LogP) is 3.90. The molecule has 20 heavy (non-hydrogen) atoms. The SMILES string of the molecule is CCOc1cc(C#N)c(C(C)(C)N=[N+]=[N-])cc1OCC. The van der Waals surface area contributed by atoms with Crippen LogP contribution in [0.1, 0.15) is 38.8 Å². The van der Waals surface area contributed by atoms with Crippen LogP contribution in [0.3, 0.4) is 0 Å². The molecule has 0 saturated carbocycles. The summed E-state index contributed by atoms with van der Waals surface area (Å²) in [5.74, 6) is 1.07. The molecule has 1 aromatic rings. The summed E-state index contributed by atoms with van der Waals surface area (Å²) in [6, 6.07) is 5.44. The fourth-order valence-electron chi connectivity index (χ4n) is 1.86. The fraction of sp³-hybridized carbons (Fsp3) is 0.500. The van der Waals surface area contributed by atoms with Gasteiger partial charge in [-0.2, -0.15) is 5.26 Å². The van der Waals surface area contributed by atoms with Gasteiger partial charge in [-0.25, -0.2) is 0 Å². The average Bonchev–Trinajstić information content (AvgIpc) is 2.40. The Morgan fingerprint density at radius 2 is 1.80 bits per heavy atom. The first-order valence-corrected chi connectivity index (χ1v) is 6.40. The summed E-state index contributed by atoms with van der Waals surface area (Å²) < 4.78 is 11.0. The van der Waals surface area contributed by atoms with Crippen LogP contribution < -0.4 is 9.47 Å². The number of hydrogen-bond acceptors (Lipinski definition) is 4. The van der Waals surface area contributed by atoms with Gasteiger partial charge in [0.1, 0.15) is 0 Å². The molecule has 1 rings (SSSR count). The first kappa shape index (κ1) is 15.7. The minimum Gasteiger partial charge on any atom is -0.490 e. The van der Waals surface area contributed by atoms with Gasteiger partial charge in [0.25, 0.3) is 0 Å². The molecular weight excluding hydrogens is 256 g/mol. The lowest BCUT2D eigenvalue weighted by molar-refractivity contribution is 0.286. The Hall–Kier alpha value is -2.38. The second-order valence-electron chi connectivity index (χ2n) is 4.57. The van der Waals surface area contributed by atoms with Gasteiger partial charge in [0.05, 0.1) is 30.4 Å². The van der Waals surface area contributed by atoms with Crippen molar-refractivity contribution in [3.63, 3.8) is 0 Å². The third-order valence-corrected chi connectivity index (χ3v) is 2.76. The quantitative estimate of drug-likeness (QED) is 0.447. The molecule has 0 amide bonds. The second kappa shape index (κ2) is 6.69. The van der Waals surface area contributed by atoms with Crippen molar-refractivity contribution in [2.24, 2.45) is 5.11 Å². The van der Waals surface area contributed by atoms with Crippen molar-refractivity contribution in [3.8, 4) is 17.6 Å². The molecule has 106 valence electrons. The highest BCUT2D eigenvalue weighted by Gasteiger charge is 2.25. The van der Waals surface area contributed by atoms with E-state index in [1.165, 1.54) is 0 Å². The molecule has 0 fully saturated rings. The summed E-state index contributed by atoms with van der Waals surface area (Å²) in [6.45, 7) is 8.18. The van der Waals surface area contributed by atoms with E-state index in [0.29, 0.717) is 35.8 Å². The lowest BCUT2D eigenvalue weighted by Crippen LogP contribution is -2.15. The Morgan fingerprint density at radius 1 is 1.25 bits per heavy atom. The minimum atomic E-state index is -0.837. The topological polar surface area (TPSA) is 91.0 Å². The van der Waals surface area contributed by atoms with E-state index in [9.17, 15) is 5.26 Å². The maximum absolute atomic E-state index is 9.28. The summed E-state index contributed by atoms with van der Waals surface area (Å²) in [7, 11) is 0. The molecule has 0 unspecified atom stereocenters. The second-order valence-corrected chi connectivity index (χ2v) is 4.57. The number of nitrogens with zero attached hydrogens (tertiary/aromatic N) is 4. The molecule has 0 saturated heterocycles. The number of benzene rings is 1. The summed E-state index contributed by atoms with van der Waals surface area (Å²) in [6.07, 6.45) is 0. The van der Waals surface area contributed by atoms with Crippen LogP contribution in [0.15, 0.2) is 17.2 Å². The Kier molecular flexibility index (Phi) is 5.24. The molecule has 0 aliphatic heterocycles. The zero-order chi connectivity index (χ0) is 15.2. The Balaban J connectivity index is 3.48. The highest BCUT2D eigenvalue weighted by atomic mass is 16.5. The van der Waals surface area contributed by atoms with Crippen LogP contribution in [0.5, 0.6) is 11.5 Å². The van der Waals surface area contributed by atoms with Crippen molar-refractivity contribution in [1.29, 1.82) is 5.26 Å². The number of rotatable bonds is 6. The number of hydrogen-bond donors (Lipinski definition) is 0. The summed E-state index contributed by atoms with van der Waals surface area (Å²) in [4.78, 5) is 2.84. The van der Waals surface area contributed by atoms with Crippen LogP contribution in [-0.4, -0.2) is 13.2 Å². The Bertz CT molecular complexity index is 569. The third kappa shape index (κ3) is 3.34. The first-order valence-electron chi connectivity index (χ1n) is 6.40. The average molecular weight is 274 g/mol. The van der Waals surface area contributed by atoms with Crippen LogP contribution in [0, 0.1) is 11.3 Å². The molecule has 0 aliphatic carbocycles. The predicted molar refractivity (Wildman–Crippen MR) is 75.7 cm³/mol. The standard InChI is InChI=1S/C14H18N4O2/c1-5-19-12-7-10(9-15)11(8-13(12)20-6-2)14(3,4)17-18-16/h7-8H,5-6H2,1-4H3. The monoisotopic (exact) mass is 274 g/mol. The van der Waals surface area contributed by atoms with Crippen LogP contribution in [0.25, 0.3) is 10.4 Å². The largest absolute Gasteiger partial charge is 0.490 e. The van der Waals surface area contributed by atoms with Crippen molar-refractivity contribution in [1.82, 2.24) is 0 Å². The van der Waals surface area contributed by atoms with E-state index in [1.54, 1.807) is 26.0 Å². The molecule has 0 spiro atoms. The van der Waals surface area contributed by atoms with E-state index in [-0.39, 0.29) is 0 Å². The van der Waals surface area contributed by atoms with Gasteiger partial charge in [-0.1, -0.05) is 19.0 Å².